The van der Waals surface area contributed by atoms with Gasteiger partial charge >= 0.3 is 0 Å². The van der Waals surface area contributed by atoms with Crippen LogP contribution in [0.3, 0.4) is 0 Å². The lowest BCUT2D eigenvalue weighted by Crippen LogP contribution is -2.27. The summed E-state index contributed by atoms with van der Waals surface area (Å²) in [5.74, 6) is 0.430. The fourth-order valence-corrected chi connectivity index (χ4v) is 4.42. The fraction of sp³-hybridized carbons (Fsp3) is 0.0952. The highest BCUT2D eigenvalue weighted by Gasteiger charge is 2.19. The number of nitrogens with one attached hydrogen (secondary N) is 2. The SMILES string of the molecule is CC(=O)NC1=Nc2ccc(-c3cnc(Cl)c(NS(=O)(=O)c4ccccc4)c3)cc2C1. The molecule has 0 spiro atoms. The topological polar surface area (TPSA) is 101 Å². The molecule has 7 nitrogen and oxygen atoms in total. The number of aliphatic imine (C=N–C) groups is 1. The van der Waals surface area contributed by atoms with E-state index in [2.05, 4.69) is 20.0 Å². The molecule has 152 valence electrons. The van der Waals surface area contributed by atoms with Crippen molar-refractivity contribution in [3.8, 4) is 11.1 Å². The van der Waals surface area contributed by atoms with Crippen molar-refractivity contribution >= 4 is 44.7 Å². The second kappa shape index (κ2) is 7.89. The van der Waals surface area contributed by atoms with Gasteiger partial charge in [0.1, 0.15) is 5.84 Å². The van der Waals surface area contributed by atoms with Crippen LogP contribution in [0.2, 0.25) is 5.15 Å². The van der Waals surface area contributed by atoms with Crippen LogP contribution >= 0.6 is 11.6 Å². The smallest absolute Gasteiger partial charge is 0.261 e. The molecule has 1 aromatic heterocycles. The van der Waals surface area contributed by atoms with Crippen molar-refractivity contribution in [1.29, 1.82) is 0 Å². The monoisotopic (exact) mass is 440 g/mol. The van der Waals surface area contributed by atoms with E-state index >= 15 is 0 Å². The van der Waals surface area contributed by atoms with E-state index in [4.69, 9.17) is 11.6 Å². The fourth-order valence-electron chi connectivity index (χ4n) is 3.14. The molecule has 1 aliphatic heterocycles. The second-order valence-electron chi connectivity index (χ2n) is 6.74. The number of rotatable bonds is 4. The van der Waals surface area contributed by atoms with E-state index in [1.54, 1.807) is 30.5 Å². The minimum absolute atomic E-state index is 0.0516. The summed E-state index contributed by atoms with van der Waals surface area (Å²) in [6.07, 6.45) is 2.09. The minimum atomic E-state index is -3.80. The molecule has 0 radical (unpaired) electrons. The Balaban J connectivity index is 1.62. The standard InChI is InChI=1S/C21H17ClN4O3S/c1-13(27)24-20-11-15-9-14(7-8-18(15)25-20)16-10-19(21(22)23-12-16)26-30(28,29)17-5-3-2-4-6-17/h2-10,12,26H,11H2,1H3,(H,24,25,27). The molecule has 0 aliphatic carbocycles. The number of hydrogen-bond donors (Lipinski definition) is 2. The number of carbonyl (C=O) groups is 1. The first-order chi connectivity index (χ1) is 14.3. The van der Waals surface area contributed by atoms with Crippen molar-refractivity contribution < 1.29 is 13.2 Å². The second-order valence-corrected chi connectivity index (χ2v) is 8.78. The Labute approximate surface area is 178 Å². The van der Waals surface area contributed by atoms with Crippen molar-refractivity contribution in [3.63, 3.8) is 0 Å². The summed E-state index contributed by atoms with van der Waals surface area (Å²) >= 11 is 6.14. The summed E-state index contributed by atoms with van der Waals surface area (Å²) < 4.78 is 27.8. The zero-order valence-corrected chi connectivity index (χ0v) is 17.5. The van der Waals surface area contributed by atoms with Gasteiger partial charge in [-0.15, -0.1) is 0 Å². The first-order valence-electron chi connectivity index (χ1n) is 9.04. The highest BCUT2D eigenvalue weighted by Crippen LogP contribution is 2.33. The van der Waals surface area contributed by atoms with Gasteiger partial charge in [0.15, 0.2) is 5.15 Å². The van der Waals surface area contributed by atoms with E-state index < -0.39 is 10.0 Å². The Hall–Kier alpha value is -3.23. The molecule has 0 fully saturated rings. The maximum Gasteiger partial charge on any atom is 0.261 e. The molecule has 9 heteroatoms. The predicted molar refractivity (Wildman–Crippen MR) is 117 cm³/mol. The van der Waals surface area contributed by atoms with Gasteiger partial charge in [-0.2, -0.15) is 0 Å². The number of pyridine rings is 1. The number of amidine groups is 1. The number of hydrogen-bond acceptors (Lipinski definition) is 5. The molecule has 0 bridgehead atoms. The average Bonchev–Trinajstić information content (AvgIpc) is 3.11. The average molecular weight is 441 g/mol. The van der Waals surface area contributed by atoms with Crippen molar-refractivity contribution in [2.45, 2.75) is 18.2 Å². The summed E-state index contributed by atoms with van der Waals surface area (Å²) in [7, 11) is -3.80. The molecule has 0 saturated heterocycles. The summed E-state index contributed by atoms with van der Waals surface area (Å²) in [5, 5.41) is 2.76. The van der Waals surface area contributed by atoms with Crippen molar-refractivity contribution in [2.75, 3.05) is 4.72 Å². The van der Waals surface area contributed by atoms with Gasteiger partial charge in [0, 0.05) is 25.1 Å². The summed E-state index contributed by atoms with van der Waals surface area (Å²) in [5.41, 5.74) is 3.46. The molecule has 4 rings (SSSR count). The van der Waals surface area contributed by atoms with E-state index in [-0.39, 0.29) is 21.6 Å². The first kappa shape index (κ1) is 20.1. The molecule has 2 N–H and O–H groups in total. The molecule has 1 aliphatic rings. The van der Waals surface area contributed by atoms with Gasteiger partial charge < -0.3 is 5.32 Å². The molecule has 0 atom stereocenters. The van der Waals surface area contributed by atoms with Crippen LogP contribution in [0.15, 0.2) is 70.7 Å². The van der Waals surface area contributed by atoms with E-state index in [9.17, 15) is 13.2 Å². The van der Waals surface area contributed by atoms with Crippen LogP contribution < -0.4 is 10.0 Å². The van der Waals surface area contributed by atoms with E-state index in [0.29, 0.717) is 17.8 Å². The third-order valence-electron chi connectivity index (χ3n) is 4.48. The van der Waals surface area contributed by atoms with Gasteiger partial charge in [-0.1, -0.05) is 35.9 Å². The number of halogens is 1. The number of sulfonamides is 1. The van der Waals surface area contributed by atoms with Crippen LogP contribution in [-0.4, -0.2) is 25.1 Å². The van der Waals surface area contributed by atoms with E-state index in [1.165, 1.54) is 19.1 Å². The van der Waals surface area contributed by atoms with Crippen LogP contribution in [-0.2, 0) is 21.2 Å². The normalized spacial score (nSPS) is 12.8. The quantitative estimate of drug-likeness (QED) is 0.600. The van der Waals surface area contributed by atoms with Gasteiger partial charge in [0.2, 0.25) is 5.91 Å². The van der Waals surface area contributed by atoms with Crippen molar-refractivity contribution in [3.05, 3.63) is 71.5 Å². The summed E-state index contributed by atoms with van der Waals surface area (Å²) in [6.45, 7) is 1.44. The van der Waals surface area contributed by atoms with Crippen LogP contribution in [0.5, 0.6) is 0 Å². The Morgan fingerprint density at radius 1 is 1.07 bits per heavy atom. The maximum absolute atomic E-state index is 12.6. The number of aromatic nitrogens is 1. The molecule has 3 aromatic rings. The number of fused-ring (bicyclic) bond motifs is 1. The number of anilines is 1. The number of benzene rings is 2. The van der Waals surface area contributed by atoms with Gasteiger partial charge in [0.05, 0.1) is 16.3 Å². The minimum Gasteiger partial charge on any atom is -0.314 e. The molecule has 0 unspecified atom stereocenters. The molecule has 2 aromatic carbocycles. The van der Waals surface area contributed by atoms with E-state index in [1.807, 2.05) is 18.2 Å². The van der Waals surface area contributed by atoms with Gasteiger partial charge in [-0.3, -0.25) is 9.52 Å². The number of carbonyl (C=O) groups excluding carboxylic acids is 1. The third-order valence-corrected chi connectivity index (χ3v) is 6.17. The van der Waals surface area contributed by atoms with Gasteiger partial charge in [-0.25, -0.2) is 18.4 Å². The lowest BCUT2D eigenvalue weighted by atomic mass is 10.0. The largest absolute Gasteiger partial charge is 0.314 e. The highest BCUT2D eigenvalue weighted by molar-refractivity contribution is 7.92. The molecule has 0 saturated carbocycles. The predicted octanol–water partition coefficient (Wildman–Crippen LogP) is 3.93. The zero-order chi connectivity index (χ0) is 21.3. The van der Waals surface area contributed by atoms with Gasteiger partial charge in [0.25, 0.3) is 10.0 Å². The lowest BCUT2D eigenvalue weighted by Gasteiger charge is -2.11. The molecule has 30 heavy (non-hydrogen) atoms. The summed E-state index contributed by atoms with van der Waals surface area (Å²) in [4.78, 5) is 19.9. The molecule has 2 heterocycles. The van der Waals surface area contributed by atoms with Crippen LogP contribution in [0, 0.1) is 0 Å². The Morgan fingerprint density at radius 3 is 2.57 bits per heavy atom. The highest BCUT2D eigenvalue weighted by atomic mass is 35.5. The Morgan fingerprint density at radius 2 is 1.83 bits per heavy atom. The van der Waals surface area contributed by atoms with E-state index in [0.717, 1.165) is 16.8 Å². The summed E-state index contributed by atoms with van der Waals surface area (Å²) in [6, 6.07) is 15.3. The van der Waals surface area contributed by atoms with Crippen LogP contribution in [0.25, 0.3) is 11.1 Å². The molecule has 1 amide bonds. The first-order valence-corrected chi connectivity index (χ1v) is 10.9. The Kier molecular flexibility index (Phi) is 5.27. The Bertz CT molecular complexity index is 1270. The number of nitrogens with zero attached hydrogens (tertiary/aromatic N) is 2. The molecular formula is C21H17ClN4O3S. The zero-order valence-electron chi connectivity index (χ0n) is 15.9. The van der Waals surface area contributed by atoms with Crippen molar-refractivity contribution in [1.82, 2.24) is 10.3 Å². The van der Waals surface area contributed by atoms with Gasteiger partial charge in [-0.05, 0) is 41.5 Å². The van der Waals surface area contributed by atoms with Crippen molar-refractivity contribution in [2.24, 2.45) is 4.99 Å². The number of amides is 1. The third kappa shape index (κ3) is 4.19. The lowest BCUT2D eigenvalue weighted by molar-refractivity contribution is -0.117. The molecular weight excluding hydrogens is 424 g/mol. The van der Waals surface area contributed by atoms with Crippen LogP contribution in [0.4, 0.5) is 11.4 Å². The maximum atomic E-state index is 12.6. The van der Waals surface area contributed by atoms with Crippen LogP contribution in [0.1, 0.15) is 12.5 Å².